The van der Waals surface area contributed by atoms with E-state index < -0.39 is 0 Å². The number of alkyl halides is 1. The SMILES string of the molecule is CC1(C)CC(Oc2cc(F)cc(CBr)c2)C(C)(C)O1. The van der Waals surface area contributed by atoms with Gasteiger partial charge in [0.05, 0.1) is 5.60 Å². The molecule has 19 heavy (non-hydrogen) atoms. The van der Waals surface area contributed by atoms with Gasteiger partial charge in [-0.15, -0.1) is 0 Å². The van der Waals surface area contributed by atoms with Crippen molar-refractivity contribution in [2.24, 2.45) is 0 Å². The summed E-state index contributed by atoms with van der Waals surface area (Å²) in [7, 11) is 0. The van der Waals surface area contributed by atoms with Crippen LogP contribution in [0.25, 0.3) is 0 Å². The summed E-state index contributed by atoms with van der Waals surface area (Å²) in [5, 5.41) is 0.608. The molecule has 0 bridgehead atoms. The molecule has 0 N–H and O–H groups in total. The Morgan fingerprint density at radius 1 is 1.32 bits per heavy atom. The van der Waals surface area contributed by atoms with Crippen molar-refractivity contribution in [2.45, 2.75) is 56.8 Å². The summed E-state index contributed by atoms with van der Waals surface area (Å²) < 4.78 is 25.4. The second kappa shape index (κ2) is 5.06. The van der Waals surface area contributed by atoms with Crippen LogP contribution < -0.4 is 4.74 Å². The summed E-state index contributed by atoms with van der Waals surface area (Å²) in [4.78, 5) is 0. The maximum Gasteiger partial charge on any atom is 0.130 e. The third-order valence-electron chi connectivity index (χ3n) is 3.36. The van der Waals surface area contributed by atoms with Crippen molar-refractivity contribution in [3.8, 4) is 5.75 Å². The smallest absolute Gasteiger partial charge is 0.130 e. The molecule has 1 aromatic rings. The zero-order chi connectivity index (χ0) is 14.3. The van der Waals surface area contributed by atoms with Gasteiger partial charge in [-0.3, -0.25) is 0 Å². The van der Waals surface area contributed by atoms with Gasteiger partial charge in [0, 0.05) is 17.8 Å². The standard InChI is InChI=1S/C15H20BrFO2/c1-14(2)8-13(15(3,4)19-14)18-12-6-10(9-16)5-11(17)7-12/h5-7,13H,8-9H2,1-4H3. The molecule has 106 valence electrons. The van der Waals surface area contributed by atoms with E-state index in [0.29, 0.717) is 11.1 Å². The van der Waals surface area contributed by atoms with Gasteiger partial charge in [-0.05, 0) is 45.4 Å². The minimum atomic E-state index is -0.371. The van der Waals surface area contributed by atoms with Crippen molar-refractivity contribution in [2.75, 3.05) is 0 Å². The molecular weight excluding hydrogens is 311 g/mol. The van der Waals surface area contributed by atoms with Crippen LogP contribution in [-0.2, 0) is 10.1 Å². The normalized spacial score (nSPS) is 24.4. The quantitative estimate of drug-likeness (QED) is 0.762. The number of hydrogen-bond acceptors (Lipinski definition) is 2. The lowest BCUT2D eigenvalue weighted by atomic mass is 9.97. The Hall–Kier alpha value is -0.610. The minimum absolute atomic E-state index is 0.0764. The highest BCUT2D eigenvalue weighted by Gasteiger charge is 2.47. The topological polar surface area (TPSA) is 18.5 Å². The van der Waals surface area contributed by atoms with Crippen LogP contribution in [0, 0.1) is 5.82 Å². The Kier molecular flexibility index (Phi) is 3.94. The second-order valence-corrected chi connectivity index (χ2v) is 6.77. The Bertz CT molecular complexity index is 471. The van der Waals surface area contributed by atoms with Gasteiger partial charge >= 0.3 is 0 Å². The first-order chi connectivity index (χ1) is 8.72. The van der Waals surface area contributed by atoms with E-state index in [0.717, 1.165) is 12.0 Å². The fraction of sp³-hybridized carbons (Fsp3) is 0.600. The van der Waals surface area contributed by atoms with E-state index in [2.05, 4.69) is 15.9 Å². The molecule has 1 unspecified atom stereocenters. The first-order valence-electron chi connectivity index (χ1n) is 6.44. The van der Waals surface area contributed by atoms with Gasteiger partial charge in [0.1, 0.15) is 23.3 Å². The predicted molar refractivity (Wildman–Crippen MR) is 77.3 cm³/mol. The molecule has 1 atom stereocenters. The van der Waals surface area contributed by atoms with E-state index >= 15 is 0 Å². The van der Waals surface area contributed by atoms with Crippen molar-refractivity contribution < 1.29 is 13.9 Å². The van der Waals surface area contributed by atoms with Crippen LogP contribution in [0.3, 0.4) is 0 Å². The average molecular weight is 331 g/mol. The van der Waals surface area contributed by atoms with E-state index in [4.69, 9.17) is 9.47 Å². The maximum absolute atomic E-state index is 13.5. The van der Waals surface area contributed by atoms with Crippen molar-refractivity contribution in [3.05, 3.63) is 29.6 Å². The van der Waals surface area contributed by atoms with Crippen molar-refractivity contribution in [1.82, 2.24) is 0 Å². The summed E-state index contributed by atoms with van der Waals surface area (Å²) in [6.07, 6.45) is 0.715. The van der Waals surface area contributed by atoms with Crippen LogP contribution in [0.1, 0.15) is 39.7 Å². The fourth-order valence-corrected chi connectivity index (χ4v) is 2.95. The molecule has 2 rings (SSSR count). The van der Waals surface area contributed by atoms with Crippen LogP contribution in [0.15, 0.2) is 18.2 Å². The molecule has 0 amide bonds. The summed E-state index contributed by atoms with van der Waals surface area (Å²) in [6, 6.07) is 4.79. The largest absolute Gasteiger partial charge is 0.487 e. The Morgan fingerprint density at radius 2 is 2.00 bits per heavy atom. The molecule has 1 heterocycles. The molecule has 1 fully saturated rings. The van der Waals surface area contributed by atoms with Crippen molar-refractivity contribution >= 4 is 15.9 Å². The first-order valence-corrected chi connectivity index (χ1v) is 7.56. The average Bonchev–Trinajstić information content (AvgIpc) is 2.45. The summed E-state index contributed by atoms with van der Waals surface area (Å²) in [6.45, 7) is 8.12. The third-order valence-corrected chi connectivity index (χ3v) is 4.00. The molecule has 1 aromatic carbocycles. The maximum atomic E-state index is 13.5. The Balaban J connectivity index is 2.19. The highest BCUT2D eigenvalue weighted by molar-refractivity contribution is 9.08. The summed E-state index contributed by atoms with van der Waals surface area (Å²) >= 11 is 3.33. The molecule has 0 aliphatic carbocycles. The van der Waals surface area contributed by atoms with Gasteiger partial charge in [0.15, 0.2) is 0 Å². The molecule has 0 spiro atoms. The molecule has 4 heteroatoms. The first kappa shape index (κ1) is 14.8. The lowest BCUT2D eigenvalue weighted by molar-refractivity contribution is -0.0846. The zero-order valence-electron chi connectivity index (χ0n) is 11.8. The van der Waals surface area contributed by atoms with E-state index in [1.54, 1.807) is 0 Å². The summed E-state index contributed by atoms with van der Waals surface area (Å²) in [5.74, 6) is 0.289. The van der Waals surface area contributed by atoms with Crippen LogP contribution in [0.4, 0.5) is 4.39 Å². The van der Waals surface area contributed by atoms with Gasteiger partial charge < -0.3 is 9.47 Å². The fourth-order valence-electron chi connectivity index (χ4n) is 2.63. The van der Waals surface area contributed by atoms with Crippen molar-refractivity contribution in [1.29, 1.82) is 0 Å². The number of hydrogen-bond donors (Lipinski definition) is 0. The van der Waals surface area contributed by atoms with Crippen LogP contribution in [-0.4, -0.2) is 17.3 Å². The lowest BCUT2D eigenvalue weighted by Gasteiger charge is -2.27. The van der Waals surface area contributed by atoms with E-state index in [9.17, 15) is 4.39 Å². The van der Waals surface area contributed by atoms with E-state index in [1.165, 1.54) is 12.1 Å². The van der Waals surface area contributed by atoms with E-state index in [1.807, 2.05) is 33.8 Å². The molecule has 0 aromatic heterocycles. The monoisotopic (exact) mass is 330 g/mol. The number of halogens is 2. The third kappa shape index (κ3) is 3.48. The second-order valence-electron chi connectivity index (χ2n) is 6.20. The van der Waals surface area contributed by atoms with Crippen molar-refractivity contribution in [3.63, 3.8) is 0 Å². The molecular formula is C15H20BrFO2. The highest BCUT2D eigenvalue weighted by atomic mass is 79.9. The number of rotatable bonds is 3. The van der Waals surface area contributed by atoms with Crippen LogP contribution >= 0.6 is 15.9 Å². The molecule has 1 saturated heterocycles. The Labute approximate surface area is 122 Å². The predicted octanol–water partition coefficient (Wildman–Crippen LogP) is 4.45. The number of benzene rings is 1. The summed E-state index contributed by atoms with van der Waals surface area (Å²) in [5.41, 5.74) is 0.287. The van der Waals surface area contributed by atoms with Gasteiger partial charge in [0.2, 0.25) is 0 Å². The zero-order valence-corrected chi connectivity index (χ0v) is 13.4. The molecule has 0 radical (unpaired) electrons. The van der Waals surface area contributed by atoms with Gasteiger partial charge in [-0.25, -0.2) is 4.39 Å². The van der Waals surface area contributed by atoms with Crippen LogP contribution in [0.5, 0.6) is 5.75 Å². The molecule has 0 saturated carbocycles. The minimum Gasteiger partial charge on any atom is -0.487 e. The molecule has 1 aliphatic rings. The van der Waals surface area contributed by atoms with Crippen LogP contribution in [0.2, 0.25) is 0 Å². The highest BCUT2D eigenvalue weighted by Crippen LogP contribution is 2.39. The van der Waals surface area contributed by atoms with Gasteiger partial charge in [-0.2, -0.15) is 0 Å². The Morgan fingerprint density at radius 3 is 2.53 bits per heavy atom. The van der Waals surface area contributed by atoms with Gasteiger partial charge in [-0.1, -0.05) is 15.9 Å². The van der Waals surface area contributed by atoms with Gasteiger partial charge in [0.25, 0.3) is 0 Å². The molecule has 2 nitrogen and oxygen atoms in total. The lowest BCUT2D eigenvalue weighted by Crippen LogP contribution is -2.36. The molecule has 1 aliphatic heterocycles. The van der Waals surface area contributed by atoms with E-state index in [-0.39, 0.29) is 23.1 Å². The number of ether oxygens (including phenoxy) is 2.